The number of likely N-dealkylation sites (tertiary alicyclic amines) is 2. The summed E-state index contributed by atoms with van der Waals surface area (Å²) in [6.07, 6.45) is 1.74. The van der Waals surface area contributed by atoms with Gasteiger partial charge in [-0.2, -0.15) is 0 Å². The van der Waals surface area contributed by atoms with E-state index < -0.39 is 0 Å². The van der Waals surface area contributed by atoms with E-state index in [9.17, 15) is 14.4 Å². The summed E-state index contributed by atoms with van der Waals surface area (Å²) in [5, 5.41) is 0.143. The van der Waals surface area contributed by atoms with Crippen LogP contribution < -0.4 is 0 Å². The van der Waals surface area contributed by atoms with Crippen molar-refractivity contribution in [2.24, 2.45) is 0 Å². The van der Waals surface area contributed by atoms with Gasteiger partial charge in [0, 0.05) is 44.3 Å². The Hall–Kier alpha value is -1.24. The van der Waals surface area contributed by atoms with Crippen LogP contribution in [0.4, 0.5) is 4.79 Å². The van der Waals surface area contributed by atoms with E-state index in [1.807, 2.05) is 4.90 Å². The molecule has 0 bridgehead atoms. The van der Waals surface area contributed by atoms with E-state index in [1.54, 1.807) is 11.8 Å². The largest absolute Gasteiger partial charge is 0.450 e. The van der Waals surface area contributed by atoms with Crippen molar-refractivity contribution in [2.75, 3.05) is 26.2 Å². The second kappa shape index (κ2) is 7.15. The minimum Gasteiger partial charge on any atom is -0.450 e. The maximum Gasteiger partial charge on any atom is 0.409 e. The quantitative estimate of drug-likeness (QED) is 0.789. The van der Waals surface area contributed by atoms with E-state index in [-0.39, 0.29) is 28.4 Å². The average molecular weight is 314 g/mol. The van der Waals surface area contributed by atoms with Crippen LogP contribution in [-0.4, -0.2) is 64.4 Å². The number of amides is 2. The average Bonchev–Trinajstić information content (AvgIpc) is 2.79. The zero-order chi connectivity index (χ0) is 15.4. The van der Waals surface area contributed by atoms with Gasteiger partial charge >= 0.3 is 6.09 Å². The van der Waals surface area contributed by atoms with Crippen molar-refractivity contribution in [3.8, 4) is 0 Å². The van der Waals surface area contributed by atoms with E-state index in [0.717, 1.165) is 12.8 Å². The molecule has 6 nitrogen and oxygen atoms in total. The summed E-state index contributed by atoms with van der Waals surface area (Å²) < 4.78 is 4.99. The van der Waals surface area contributed by atoms with Crippen molar-refractivity contribution >= 4 is 28.9 Å². The van der Waals surface area contributed by atoms with Gasteiger partial charge in [-0.25, -0.2) is 4.79 Å². The van der Waals surface area contributed by atoms with E-state index in [1.165, 1.54) is 18.7 Å². The van der Waals surface area contributed by atoms with Crippen LogP contribution >= 0.6 is 11.8 Å². The number of thioether (sulfide) groups is 1. The zero-order valence-electron chi connectivity index (χ0n) is 12.5. The van der Waals surface area contributed by atoms with Crippen LogP contribution in [0.5, 0.6) is 0 Å². The third kappa shape index (κ3) is 4.12. The third-order valence-electron chi connectivity index (χ3n) is 3.89. The fraction of sp³-hybridized carbons (Fsp3) is 0.786. The minimum atomic E-state index is -0.270. The fourth-order valence-electron chi connectivity index (χ4n) is 2.94. The summed E-state index contributed by atoms with van der Waals surface area (Å²) in [4.78, 5) is 38.5. The molecule has 21 heavy (non-hydrogen) atoms. The van der Waals surface area contributed by atoms with Gasteiger partial charge in [0.15, 0.2) is 5.12 Å². The lowest BCUT2D eigenvalue weighted by Gasteiger charge is -2.36. The monoisotopic (exact) mass is 314 g/mol. The van der Waals surface area contributed by atoms with Crippen LogP contribution in [-0.2, 0) is 14.3 Å². The first kappa shape index (κ1) is 16.1. The molecule has 2 saturated heterocycles. The van der Waals surface area contributed by atoms with Crippen molar-refractivity contribution in [2.45, 2.75) is 44.4 Å². The number of hydrogen-bond donors (Lipinski definition) is 0. The van der Waals surface area contributed by atoms with Gasteiger partial charge in [-0.1, -0.05) is 11.8 Å². The molecule has 0 aliphatic carbocycles. The minimum absolute atomic E-state index is 0.0618. The molecule has 0 aromatic carbocycles. The Labute approximate surface area is 129 Å². The lowest BCUT2D eigenvalue weighted by atomic mass is 10.0. The Kier molecular flexibility index (Phi) is 5.50. The topological polar surface area (TPSA) is 66.9 Å². The number of carbonyl (C=O) groups excluding carboxylic acids is 3. The van der Waals surface area contributed by atoms with Gasteiger partial charge in [0.2, 0.25) is 5.91 Å². The smallest absolute Gasteiger partial charge is 0.409 e. The van der Waals surface area contributed by atoms with Gasteiger partial charge in [0.05, 0.1) is 6.61 Å². The Morgan fingerprint density at radius 2 is 2.00 bits per heavy atom. The molecular weight excluding hydrogens is 292 g/mol. The molecule has 0 radical (unpaired) electrons. The molecule has 0 spiro atoms. The van der Waals surface area contributed by atoms with Gasteiger partial charge < -0.3 is 14.5 Å². The Morgan fingerprint density at radius 3 is 2.57 bits per heavy atom. The highest BCUT2D eigenvalue weighted by Gasteiger charge is 2.37. The van der Waals surface area contributed by atoms with Crippen molar-refractivity contribution in [1.29, 1.82) is 0 Å². The Bertz CT molecular complexity index is 421. The summed E-state index contributed by atoms with van der Waals surface area (Å²) in [6, 6.07) is 0.181. The van der Waals surface area contributed by atoms with E-state index >= 15 is 0 Å². The number of carbonyl (C=O) groups is 3. The predicted octanol–water partition coefficient (Wildman–Crippen LogP) is 1.49. The van der Waals surface area contributed by atoms with E-state index in [0.29, 0.717) is 32.7 Å². The number of piperidine rings is 1. The van der Waals surface area contributed by atoms with E-state index in [4.69, 9.17) is 4.74 Å². The molecule has 7 heteroatoms. The maximum atomic E-state index is 12.1. The molecule has 0 saturated carbocycles. The molecule has 0 aromatic rings. The second-order valence-corrected chi connectivity index (χ2v) is 6.88. The SMILES string of the molecule is CCOC(=O)N1CCC(N2CC(SC(C)=O)CC2=O)CC1. The summed E-state index contributed by atoms with van der Waals surface area (Å²) in [5.41, 5.74) is 0. The summed E-state index contributed by atoms with van der Waals surface area (Å²) in [5.74, 6) is 0.128. The van der Waals surface area contributed by atoms with Crippen LogP contribution in [0.2, 0.25) is 0 Å². The number of rotatable bonds is 3. The van der Waals surface area contributed by atoms with Gasteiger partial charge in [-0.05, 0) is 19.8 Å². The highest BCUT2D eigenvalue weighted by molar-refractivity contribution is 8.14. The van der Waals surface area contributed by atoms with Crippen molar-refractivity contribution < 1.29 is 19.1 Å². The first-order chi connectivity index (χ1) is 10.0. The van der Waals surface area contributed by atoms with Crippen molar-refractivity contribution in [3.63, 3.8) is 0 Å². The molecule has 0 aromatic heterocycles. The molecule has 1 unspecified atom stereocenters. The third-order valence-corrected chi connectivity index (χ3v) is 4.87. The van der Waals surface area contributed by atoms with Gasteiger partial charge in [0.1, 0.15) is 0 Å². The molecule has 2 rings (SSSR count). The summed E-state index contributed by atoms with van der Waals surface area (Å²) >= 11 is 1.26. The number of hydrogen-bond acceptors (Lipinski definition) is 5. The molecule has 0 N–H and O–H groups in total. The van der Waals surface area contributed by atoms with Gasteiger partial charge in [0.25, 0.3) is 0 Å². The van der Waals surface area contributed by atoms with Gasteiger partial charge in [-0.15, -0.1) is 0 Å². The normalized spacial score (nSPS) is 23.5. The molecule has 2 heterocycles. The lowest BCUT2D eigenvalue weighted by Crippen LogP contribution is -2.47. The molecule has 2 aliphatic rings. The van der Waals surface area contributed by atoms with Crippen LogP contribution in [0.15, 0.2) is 0 Å². The Morgan fingerprint density at radius 1 is 1.33 bits per heavy atom. The first-order valence-corrected chi connectivity index (χ1v) is 8.27. The highest BCUT2D eigenvalue weighted by atomic mass is 32.2. The van der Waals surface area contributed by atoms with Crippen LogP contribution in [0.25, 0.3) is 0 Å². The standard InChI is InChI=1S/C14H22N2O4S/c1-3-20-14(19)15-6-4-11(5-7-15)16-9-12(8-13(16)18)21-10(2)17/h11-12H,3-9H2,1-2H3. The highest BCUT2D eigenvalue weighted by Crippen LogP contribution is 2.28. The van der Waals surface area contributed by atoms with Crippen LogP contribution in [0.1, 0.15) is 33.1 Å². The van der Waals surface area contributed by atoms with Crippen molar-refractivity contribution in [1.82, 2.24) is 9.80 Å². The predicted molar refractivity (Wildman–Crippen MR) is 80.0 cm³/mol. The second-order valence-electron chi connectivity index (χ2n) is 5.40. The van der Waals surface area contributed by atoms with Crippen LogP contribution in [0, 0.1) is 0 Å². The first-order valence-electron chi connectivity index (χ1n) is 7.39. The number of ether oxygens (including phenoxy) is 1. The fourth-order valence-corrected chi connectivity index (χ4v) is 3.87. The Balaban J connectivity index is 1.83. The molecule has 2 amide bonds. The molecule has 118 valence electrons. The number of nitrogens with zero attached hydrogens (tertiary/aromatic N) is 2. The summed E-state index contributed by atoms with van der Waals surface area (Å²) in [6.45, 7) is 5.60. The van der Waals surface area contributed by atoms with Crippen LogP contribution in [0.3, 0.4) is 0 Å². The lowest BCUT2D eigenvalue weighted by molar-refractivity contribution is -0.130. The zero-order valence-corrected chi connectivity index (χ0v) is 13.4. The molecule has 1 atom stereocenters. The summed E-state index contributed by atoms with van der Waals surface area (Å²) in [7, 11) is 0. The van der Waals surface area contributed by atoms with Crippen molar-refractivity contribution in [3.05, 3.63) is 0 Å². The molecule has 2 aliphatic heterocycles. The van der Waals surface area contributed by atoms with Gasteiger partial charge in [-0.3, -0.25) is 9.59 Å². The maximum absolute atomic E-state index is 12.1. The van der Waals surface area contributed by atoms with E-state index in [2.05, 4.69) is 0 Å². The molecule has 2 fully saturated rings. The molecular formula is C14H22N2O4S.